The second kappa shape index (κ2) is 10.9. The van der Waals surface area contributed by atoms with E-state index < -0.39 is 11.3 Å². The molecule has 35 heavy (non-hydrogen) atoms. The van der Waals surface area contributed by atoms with Crippen LogP contribution in [0.5, 0.6) is 11.5 Å². The van der Waals surface area contributed by atoms with Crippen LogP contribution in [0.4, 0.5) is 11.4 Å². The monoisotopic (exact) mass is 479 g/mol. The van der Waals surface area contributed by atoms with E-state index >= 15 is 0 Å². The molecule has 9 nitrogen and oxygen atoms in total. The quantitative estimate of drug-likeness (QED) is 0.400. The molecule has 0 saturated heterocycles. The summed E-state index contributed by atoms with van der Waals surface area (Å²) in [6.07, 6.45) is 4.24. The Kier molecular flexibility index (Phi) is 7.54. The number of amides is 2. The summed E-state index contributed by atoms with van der Waals surface area (Å²) in [4.78, 5) is 37.4. The van der Waals surface area contributed by atoms with Crippen molar-refractivity contribution in [1.82, 2.24) is 5.32 Å². The Morgan fingerprint density at radius 3 is 2.37 bits per heavy atom. The second-order valence-electron chi connectivity index (χ2n) is 8.41. The number of nitrogens with one attached hydrogen (secondary N) is 3. The largest absolute Gasteiger partial charge is 0.496 e. The molecule has 0 bridgehead atoms. The fraction of sp³-hybridized carbons (Fsp3) is 0.346. The highest BCUT2D eigenvalue weighted by Gasteiger charge is 2.22. The van der Waals surface area contributed by atoms with Crippen LogP contribution in [0.15, 0.2) is 51.7 Å². The molecule has 3 N–H and O–H groups in total. The van der Waals surface area contributed by atoms with Gasteiger partial charge in [0.1, 0.15) is 22.5 Å². The lowest BCUT2D eigenvalue weighted by molar-refractivity contribution is -0.124. The second-order valence-corrected chi connectivity index (χ2v) is 8.41. The predicted molar refractivity (Wildman–Crippen MR) is 133 cm³/mol. The number of benzene rings is 2. The molecule has 1 saturated carbocycles. The van der Waals surface area contributed by atoms with Crippen molar-refractivity contribution in [3.63, 3.8) is 0 Å². The minimum atomic E-state index is -0.555. The molecule has 0 atom stereocenters. The van der Waals surface area contributed by atoms with Crippen LogP contribution in [0.1, 0.15) is 36.2 Å². The van der Waals surface area contributed by atoms with E-state index in [1.54, 1.807) is 18.2 Å². The van der Waals surface area contributed by atoms with Gasteiger partial charge in [-0.15, -0.1) is 0 Å². The molecule has 9 heteroatoms. The summed E-state index contributed by atoms with van der Waals surface area (Å²) >= 11 is 0. The highest BCUT2D eigenvalue weighted by atomic mass is 16.5. The Morgan fingerprint density at radius 1 is 0.971 bits per heavy atom. The van der Waals surface area contributed by atoms with Crippen LogP contribution in [0.25, 0.3) is 11.0 Å². The maximum atomic E-state index is 12.7. The van der Waals surface area contributed by atoms with Gasteiger partial charge in [-0.25, -0.2) is 0 Å². The molecule has 0 spiro atoms. The first kappa shape index (κ1) is 24.1. The van der Waals surface area contributed by atoms with Gasteiger partial charge in [0, 0.05) is 48.6 Å². The molecular formula is C26H29N3O6. The van der Waals surface area contributed by atoms with Crippen LogP contribution in [0.2, 0.25) is 0 Å². The molecule has 1 heterocycles. The van der Waals surface area contributed by atoms with Crippen LogP contribution in [0, 0.1) is 5.92 Å². The number of carbonyl (C=O) groups excluding carboxylic acids is 2. The summed E-state index contributed by atoms with van der Waals surface area (Å²) < 4.78 is 16.2. The SMILES string of the molecule is COc1cc(OC)c2c(=O)cc(C(=O)Nc3ccc(NCCNC(=O)C4CCCC4)cc3)oc2c1. The fourth-order valence-electron chi connectivity index (χ4n) is 4.21. The lowest BCUT2D eigenvalue weighted by atomic mass is 10.1. The Morgan fingerprint density at radius 2 is 1.69 bits per heavy atom. The van der Waals surface area contributed by atoms with E-state index in [2.05, 4.69) is 16.0 Å². The Hall–Kier alpha value is -4.01. The molecule has 2 amide bonds. The standard InChI is InChI=1S/C26H29N3O6/c1-33-19-13-21(34-2)24-20(30)15-23(35-22(24)14-19)26(32)29-18-9-7-17(8-10-18)27-11-12-28-25(31)16-5-3-4-6-16/h7-10,13-16,27H,3-6,11-12H2,1-2H3,(H,28,31)(H,29,32). The molecule has 4 rings (SSSR count). The Balaban J connectivity index is 1.35. The predicted octanol–water partition coefficient (Wildman–Crippen LogP) is 3.78. The van der Waals surface area contributed by atoms with Crippen LogP contribution in [-0.2, 0) is 4.79 Å². The van der Waals surface area contributed by atoms with Crippen molar-refractivity contribution in [3.8, 4) is 11.5 Å². The third kappa shape index (κ3) is 5.74. The van der Waals surface area contributed by atoms with Gasteiger partial charge in [0.15, 0.2) is 11.2 Å². The molecule has 1 fully saturated rings. The van der Waals surface area contributed by atoms with Crippen LogP contribution in [0.3, 0.4) is 0 Å². The smallest absolute Gasteiger partial charge is 0.291 e. The molecule has 1 aliphatic carbocycles. The Bertz CT molecular complexity index is 1260. The summed E-state index contributed by atoms with van der Waals surface area (Å²) in [5.74, 6) is 0.366. The number of anilines is 2. The number of hydrogen-bond acceptors (Lipinski definition) is 7. The van der Waals surface area contributed by atoms with E-state index in [9.17, 15) is 14.4 Å². The Labute approximate surface area is 202 Å². The molecule has 0 aliphatic heterocycles. The maximum absolute atomic E-state index is 12.7. The van der Waals surface area contributed by atoms with E-state index in [1.807, 2.05) is 12.1 Å². The van der Waals surface area contributed by atoms with Crippen LogP contribution >= 0.6 is 0 Å². The van der Waals surface area contributed by atoms with Gasteiger partial charge in [0.2, 0.25) is 5.91 Å². The third-order valence-electron chi connectivity index (χ3n) is 6.07. The minimum Gasteiger partial charge on any atom is -0.496 e. The summed E-state index contributed by atoms with van der Waals surface area (Å²) in [5, 5.41) is 9.18. The van der Waals surface area contributed by atoms with Crippen molar-refractivity contribution in [2.45, 2.75) is 25.7 Å². The maximum Gasteiger partial charge on any atom is 0.291 e. The number of methoxy groups -OCH3 is 2. The molecule has 1 aliphatic rings. The molecular weight excluding hydrogens is 450 g/mol. The average molecular weight is 480 g/mol. The van der Waals surface area contributed by atoms with Gasteiger partial charge >= 0.3 is 0 Å². The average Bonchev–Trinajstić information content (AvgIpc) is 3.41. The first-order valence-electron chi connectivity index (χ1n) is 11.6. The zero-order valence-electron chi connectivity index (χ0n) is 19.8. The molecule has 1 aromatic heterocycles. The number of fused-ring (bicyclic) bond motifs is 1. The lowest BCUT2D eigenvalue weighted by Crippen LogP contribution is -2.33. The zero-order valence-corrected chi connectivity index (χ0v) is 19.8. The summed E-state index contributed by atoms with van der Waals surface area (Å²) in [6, 6.07) is 11.4. The number of carbonyl (C=O) groups is 2. The van der Waals surface area contributed by atoms with Crippen molar-refractivity contribution in [2.24, 2.45) is 5.92 Å². The topological polar surface area (TPSA) is 119 Å². The summed E-state index contributed by atoms with van der Waals surface area (Å²) in [5.41, 5.74) is 1.20. The van der Waals surface area contributed by atoms with Gasteiger partial charge in [0.05, 0.1) is 14.2 Å². The highest BCUT2D eigenvalue weighted by molar-refractivity contribution is 6.03. The van der Waals surface area contributed by atoms with Crippen molar-refractivity contribution < 1.29 is 23.5 Å². The summed E-state index contributed by atoms with van der Waals surface area (Å²) in [7, 11) is 2.93. The molecule has 184 valence electrons. The third-order valence-corrected chi connectivity index (χ3v) is 6.07. The van der Waals surface area contributed by atoms with Crippen molar-refractivity contribution >= 4 is 34.2 Å². The first-order chi connectivity index (χ1) is 17.0. The van der Waals surface area contributed by atoms with Crippen molar-refractivity contribution in [2.75, 3.05) is 37.9 Å². The zero-order chi connectivity index (χ0) is 24.8. The normalized spacial score (nSPS) is 13.4. The van der Waals surface area contributed by atoms with E-state index in [-0.39, 0.29) is 28.6 Å². The van der Waals surface area contributed by atoms with E-state index in [4.69, 9.17) is 13.9 Å². The van der Waals surface area contributed by atoms with Gasteiger partial charge in [-0.05, 0) is 37.1 Å². The van der Waals surface area contributed by atoms with Crippen molar-refractivity contribution in [3.05, 3.63) is 58.4 Å². The number of rotatable bonds is 9. The van der Waals surface area contributed by atoms with E-state index in [0.29, 0.717) is 30.3 Å². The van der Waals surface area contributed by atoms with E-state index in [0.717, 1.165) is 37.4 Å². The molecule has 0 unspecified atom stereocenters. The van der Waals surface area contributed by atoms with E-state index in [1.165, 1.54) is 20.3 Å². The molecule has 0 radical (unpaired) electrons. The molecule has 3 aromatic rings. The fourth-order valence-corrected chi connectivity index (χ4v) is 4.21. The lowest BCUT2D eigenvalue weighted by Gasteiger charge is -2.12. The first-order valence-corrected chi connectivity index (χ1v) is 11.6. The number of ether oxygens (including phenoxy) is 2. The van der Waals surface area contributed by atoms with Gasteiger partial charge in [-0.3, -0.25) is 14.4 Å². The van der Waals surface area contributed by atoms with Gasteiger partial charge in [-0.2, -0.15) is 0 Å². The number of hydrogen-bond donors (Lipinski definition) is 3. The minimum absolute atomic E-state index is 0.127. The van der Waals surface area contributed by atoms with Gasteiger partial charge in [-0.1, -0.05) is 12.8 Å². The van der Waals surface area contributed by atoms with Crippen LogP contribution in [-0.4, -0.2) is 39.1 Å². The summed E-state index contributed by atoms with van der Waals surface area (Å²) in [6.45, 7) is 1.14. The van der Waals surface area contributed by atoms with Crippen molar-refractivity contribution in [1.29, 1.82) is 0 Å². The van der Waals surface area contributed by atoms with Crippen LogP contribution < -0.4 is 30.9 Å². The van der Waals surface area contributed by atoms with Gasteiger partial charge < -0.3 is 29.8 Å². The molecule has 2 aromatic carbocycles. The highest BCUT2D eigenvalue weighted by Crippen LogP contribution is 2.29. The van der Waals surface area contributed by atoms with Gasteiger partial charge in [0.25, 0.3) is 5.91 Å².